The lowest BCUT2D eigenvalue weighted by Crippen LogP contribution is -2.23. The Morgan fingerprint density at radius 1 is 0.947 bits per heavy atom. The van der Waals surface area contributed by atoms with Crippen LogP contribution in [-0.2, 0) is 29.5 Å². The monoisotopic (exact) mass is 564 g/mol. The van der Waals surface area contributed by atoms with Crippen LogP contribution in [0.1, 0.15) is 30.8 Å². The summed E-state index contributed by atoms with van der Waals surface area (Å²) in [5.41, 5.74) is 5.81. The molecule has 194 valence electrons. The summed E-state index contributed by atoms with van der Waals surface area (Å²) in [6.07, 6.45) is 1.47. The minimum atomic E-state index is -4.32. The van der Waals surface area contributed by atoms with Gasteiger partial charge in [0.05, 0.1) is 12.1 Å². The minimum Gasteiger partial charge on any atom is -0.303 e. The Bertz CT molecular complexity index is 1820. The number of aromatic nitrogens is 2. The van der Waals surface area contributed by atoms with Crippen LogP contribution < -0.4 is 5.56 Å². The van der Waals surface area contributed by atoms with Gasteiger partial charge in [0.25, 0.3) is 5.56 Å². The number of benzene rings is 2. The number of hydrogen-bond acceptors (Lipinski definition) is 5. The van der Waals surface area contributed by atoms with E-state index >= 15 is 0 Å². The smallest absolute Gasteiger partial charge is 0.303 e. The predicted molar refractivity (Wildman–Crippen MR) is 154 cm³/mol. The van der Waals surface area contributed by atoms with Crippen LogP contribution in [0.25, 0.3) is 33.2 Å². The number of thiophene rings is 1. The highest BCUT2D eigenvalue weighted by Crippen LogP contribution is 2.32. The second kappa shape index (κ2) is 10.5. The van der Waals surface area contributed by atoms with Crippen molar-refractivity contribution in [2.45, 2.75) is 37.4 Å². The van der Waals surface area contributed by atoms with E-state index in [1.54, 1.807) is 40.3 Å². The molecule has 5 aromatic rings. The molecule has 2 aromatic carbocycles. The Hall–Kier alpha value is -3.30. The van der Waals surface area contributed by atoms with Crippen LogP contribution in [0.2, 0.25) is 5.02 Å². The first-order chi connectivity index (χ1) is 18.2. The average Bonchev–Trinajstić information content (AvgIpc) is 3.41. The second-order valence-electron chi connectivity index (χ2n) is 8.95. The molecule has 3 aromatic heterocycles. The Kier molecular flexibility index (Phi) is 7.24. The van der Waals surface area contributed by atoms with Crippen molar-refractivity contribution in [2.75, 3.05) is 0 Å². The molecule has 0 bridgehead atoms. The van der Waals surface area contributed by atoms with E-state index < -0.39 is 10.1 Å². The van der Waals surface area contributed by atoms with Crippen molar-refractivity contribution in [3.8, 4) is 22.3 Å². The summed E-state index contributed by atoms with van der Waals surface area (Å²) >= 11 is 7.23. The predicted octanol–water partition coefficient (Wildman–Crippen LogP) is 6.87. The van der Waals surface area contributed by atoms with Crippen LogP contribution in [0.5, 0.6) is 0 Å². The Balaban J connectivity index is 1.66. The van der Waals surface area contributed by atoms with Gasteiger partial charge in [-0.3, -0.25) is 14.3 Å². The number of fused-ring (bicyclic) bond motifs is 1. The zero-order valence-corrected chi connectivity index (χ0v) is 23.2. The van der Waals surface area contributed by atoms with Crippen molar-refractivity contribution in [3.05, 3.63) is 104 Å². The first kappa shape index (κ1) is 26.3. The fourth-order valence-electron chi connectivity index (χ4n) is 4.64. The molecule has 1 N–H and O–H groups in total. The van der Waals surface area contributed by atoms with Gasteiger partial charge in [-0.05, 0) is 65.2 Å². The molecule has 0 atom stereocenters. The van der Waals surface area contributed by atoms with Gasteiger partial charge in [0, 0.05) is 32.9 Å². The zero-order valence-electron chi connectivity index (χ0n) is 20.8. The Morgan fingerprint density at radius 3 is 2.37 bits per heavy atom. The van der Waals surface area contributed by atoms with Crippen LogP contribution >= 0.6 is 22.9 Å². The topological polar surface area (TPSA) is 89.3 Å². The Labute approximate surface area is 229 Å². The summed E-state index contributed by atoms with van der Waals surface area (Å²) in [6.45, 7) is 4.41. The van der Waals surface area contributed by atoms with Gasteiger partial charge in [0.1, 0.15) is 0 Å². The van der Waals surface area contributed by atoms with Crippen molar-refractivity contribution in [1.29, 1.82) is 0 Å². The number of hydrogen-bond donors (Lipinski definition) is 1. The molecule has 0 spiro atoms. The number of rotatable bonds is 7. The first-order valence-corrected chi connectivity index (χ1v) is 14.9. The van der Waals surface area contributed by atoms with Crippen molar-refractivity contribution in [3.63, 3.8) is 0 Å². The van der Waals surface area contributed by atoms with Crippen LogP contribution in [-0.4, -0.2) is 22.5 Å². The maximum Gasteiger partial charge on any atom is 0.304 e. The third-order valence-corrected chi connectivity index (χ3v) is 9.08. The molecule has 0 aliphatic heterocycles. The van der Waals surface area contributed by atoms with Gasteiger partial charge in [-0.25, -0.2) is 0 Å². The molecular weight excluding hydrogens is 540 g/mol. The molecule has 0 fully saturated rings. The van der Waals surface area contributed by atoms with E-state index in [0.717, 1.165) is 57.6 Å². The summed E-state index contributed by atoms with van der Waals surface area (Å²) in [4.78, 5) is 18.7. The third kappa shape index (κ3) is 5.05. The molecule has 0 radical (unpaired) electrons. The van der Waals surface area contributed by atoms with Crippen LogP contribution in [0.3, 0.4) is 0 Å². The molecular formula is C29H25ClN2O4S2. The number of pyridine rings is 2. The van der Waals surface area contributed by atoms with Gasteiger partial charge in [-0.15, -0.1) is 11.3 Å². The SMILES string of the molecule is CCc1cc2c(cc(-c3cccc(Cl)c3)c(=O)n2Cc2ccc(-c3ccsc3S(=O)(=O)O)cc2)c(CC)n1. The van der Waals surface area contributed by atoms with Gasteiger partial charge < -0.3 is 4.57 Å². The van der Waals surface area contributed by atoms with E-state index in [1.165, 1.54) is 0 Å². The molecule has 5 rings (SSSR count). The van der Waals surface area contributed by atoms with Crippen molar-refractivity contribution in [1.82, 2.24) is 9.55 Å². The summed E-state index contributed by atoms with van der Waals surface area (Å²) in [6, 6.07) is 20.2. The summed E-state index contributed by atoms with van der Waals surface area (Å²) in [7, 11) is -4.32. The standard InChI is InChI=1S/C29H25ClN2O4S2/c1-3-22-15-27-25(26(4-2)31-22)16-24(20-6-5-7-21(30)14-20)28(33)32(27)17-18-8-10-19(11-9-18)23-12-13-37-29(23)38(34,35)36/h5-16H,3-4,17H2,1-2H3,(H,34,35,36). The number of aryl methyl sites for hydroxylation is 2. The summed E-state index contributed by atoms with van der Waals surface area (Å²) < 4.78 is 34.7. The highest BCUT2D eigenvalue weighted by molar-refractivity contribution is 7.88. The number of halogens is 1. The quantitative estimate of drug-likeness (QED) is 0.218. The van der Waals surface area contributed by atoms with Gasteiger partial charge in [-0.2, -0.15) is 8.42 Å². The molecule has 6 nitrogen and oxygen atoms in total. The zero-order chi connectivity index (χ0) is 27.0. The number of nitrogens with zero attached hydrogens (tertiary/aromatic N) is 2. The molecule has 0 amide bonds. The molecule has 0 saturated heterocycles. The summed E-state index contributed by atoms with van der Waals surface area (Å²) in [5.74, 6) is 0. The highest BCUT2D eigenvalue weighted by Gasteiger charge is 2.19. The van der Waals surface area contributed by atoms with E-state index in [9.17, 15) is 17.8 Å². The van der Waals surface area contributed by atoms with Crippen molar-refractivity contribution in [2.24, 2.45) is 0 Å². The van der Waals surface area contributed by atoms with Crippen molar-refractivity contribution >= 4 is 44.0 Å². The Morgan fingerprint density at radius 2 is 1.71 bits per heavy atom. The van der Waals surface area contributed by atoms with Crippen LogP contribution in [0.4, 0.5) is 0 Å². The van der Waals surface area contributed by atoms with E-state index in [-0.39, 0.29) is 9.77 Å². The van der Waals surface area contributed by atoms with Gasteiger partial charge in [0.2, 0.25) is 0 Å². The average molecular weight is 565 g/mol. The molecule has 38 heavy (non-hydrogen) atoms. The normalized spacial score (nSPS) is 11.8. The largest absolute Gasteiger partial charge is 0.304 e. The molecule has 9 heteroatoms. The van der Waals surface area contributed by atoms with Gasteiger partial charge in [0.15, 0.2) is 4.21 Å². The lowest BCUT2D eigenvalue weighted by molar-refractivity contribution is 0.486. The molecule has 0 saturated carbocycles. The fraction of sp³-hybridized carbons (Fsp3) is 0.172. The van der Waals surface area contributed by atoms with Gasteiger partial charge >= 0.3 is 10.1 Å². The van der Waals surface area contributed by atoms with Crippen LogP contribution in [0.15, 0.2) is 81.1 Å². The molecule has 3 heterocycles. The lowest BCUT2D eigenvalue weighted by atomic mass is 10.0. The fourth-order valence-corrected chi connectivity index (χ4v) is 6.59. The second-order valence-corrected chi connectivity index (χ2v) is 11.9. The van der Waals surface area contributed by atoms with E-state index in [0.29, 0.717) is 28.3 Å². The van der Waals surface area contributed by atoms with E-state index in [4.69, 9.17) is 16.6 Å². The maximum absolute atomic E-state index is 13.9. The van der Waals surface area contributed by atoms with E-state index in [1.807, 2.05) is 43.3 Å². The maximum atomic E-state index is 13.9. The van der Waals surface area contributed by atoms with Gasteiger partial charge in [-0.1, -0.05) is 61.8 Å². The minimum absolute atomic E-state index is 0.0895. The highest BCUT2D eigenvalue weighted by atomic mass is 35.5. The van der Waals surface area contributed by atoms with Crippen molar-refractivity contribution < 1.29 is 13.0 Å². The summed E-state index contributed by atoms with van der Waals surface area (Å²) in [5, 5.41) is 3.10. The third-order valence-electron chi connectivity index (χ3n) is 6.53. The van der Waals surface area contributed by atoms with Crippen LogP contribution in [0, 0.1) is 0 Å². The first-order valence-electron chi connectivity index (χ1n) is 12.2. The molecule has 0 aliphatic rings. The lowest BCUT2D eigenvalue weighted by Gasteiger charge is -2.17. The van der Waals surface area contributed by atoms with E-state index in [2.05, 4.69) is 6.92 Å². The molecule has 0 aliphatic carbocycles. The molecule has 0 unspecified atom stereocenters.